The standard InChI is InChI=1S/C12H23NO2/c1-9(13-10(2)12(14)15)7-8-11-5-3-4-6-11/h9-11,13H,3-8H2,1-2H3,(H,14,15)/t9?,10-/m0/s1. The van der Waals surface area contributed by atoms with Crippen molar-refractivity contribution in [1.82, 2.24) is 5.32 Å². The normalized spacial score (nSPS) is 21.5. The summed E-state index contributed by atoms with van der Waals surface area (Å²) in [7, 11) is 0. The zero-order chi connectivity index (χ0) is 11.3. The number of aliphatic carboxylic acids is 1. The molecule has 0 bridgehead atoms. The fourth-order valence-corrected chi connectivity index (χ4v) is 2.37. The van der Waals surface area contributed by atoms with E-state index in [4.69, 9.17) is 5.11 Å². The summed E-state index contributed by atoms with van der Waals surface area (Å²) < 4.78 is 0. The number of carboxylic acid groups (broad SMARTS) is 1. The first kappa shape index (κ1) is 12.5. The molecular formula is C12H23NO2. The summed E-state index contributed by atoms with van der Waals surface area (Å²) in [6.45, 7) is 3.78. The Morgan fingerprint density at radius 3 is 2.53 bits per heavy atom. The third-order valence-corrected chi connectivity index (χ3v) is 3.39. The Morgan fingerprint density at radius 2 is 2.00 bits per heavy atom. The number of hydrogen-bond donors (Lipinski definition) is 2. The molecule has 0 saturated heterocycles. The molecule has 1 unspecified atom stereocenters. The molecule has 3 nitrogen and oxygen atoms in total. The van der Waals surface area contributed by atoms with E-state index in [-0.39, 0.29) is 0 Å². The van der Waals surface area contributed by atoms with Crippen LogP contribution in [0.15, 0.2) is 0 Å². The lowest BCUT2D eigenvalue weighted by atomic mass is 9.99. The van der Waals surface area contributed by atoms with Gasteiger partial charge in [-0.05, 0) is 32.6 Å². The molecule has 88 valence electrons. The Morgan fingerprint density at radius 1 is 1.40 bits per heavy atom. The molecule has 2 N–H and O–H groups in total. The van der Waals surface area contributed by atoms with Crippen molar-refractivity contribution >= 4 is 5.97 Å². The predicted molar refractivity (Wildman–Crippen MR) is 60.9 cm³/mol. The Balaban J connectivity index is 2.12. The van der Waals surface area contributed by atoms with Crippen LogP contribution in [0.3, 0.4) is 0 Å². The van der Waals surface area contributed by atoms with Crippen LogP contribution in [-0.2, 0) is 4.79 Å². The van der Waals surface area contributed by atoms with Gasteiger partial charge < -0.3 is 10.4 Å². The van der Waals surface area contributed by atoms with Crippen molar-refractivity contribution in [2.45, 2.75) is 64.5 Å². The molecule has 3 heteroatoms. The molecule has 1 saturated carbocycles. The van der Waals surface area contributed by atoms with E-state index in [1.165, 1.54) is 32.1 Å². The molecule has 0 aromatic rings. The summed E-state index contributed by atoms with van der Waals surface area (Å²) in [4.78, 5) is 10.6. The van der Waals surface area contributed by atoms with Gasteiger partial charge in [-0.2, -0.15) is 0 Å². The van der Waals surface area contributed by atoms with E-state index in [2.05, 4.69) is 12.2 Å². The first-order valence-corrected chi connectivity index (χ1v) is 6.08. The van der Waals surface area contributed by atoms with Crippen LogP contribution in [0.25, 0.3) is 0 Å². The summed E-state index contributed by atoms with van der Waals surface area (Å²) in [6, 6.07) is -0.111. The lowest BCUT2D eigenvalue weighted by Gasteiger charge is -2.18. The molecule has 1 fully saturated rings. The molecule has 0 radical (unpaired) electrons. The summed E-state index contributed by atoms with van der Waals surface area (Å²) in [6.07, 6.45) is 7.88. The largest absolute Gasteiger partial charge is 0.480 e. The Kier molecular flexibility index (Phi) is 5.09. The Hall–Kier alpha value is -0.570. The maximum absolute atomic E-state index is 10.6. The number of carboxylic acids is 1. The molecule has 1 rings (SSSR count). The summed E-state index contributed by atoms with van der Waals surface area (Å²) in [5, 5.41) is 11.9. The molecule has 0 spiro atoms. The van der Waals surface area contributed by atoms with Crippen molar-refractivity contribution in [2.75, 3.05) is 0 Å². The molecular weight excluding hydrogens is 190 g/mol. The van der Waals surface area contributed by atoms with E-state index in [0.29, 0.717) is 6.04 Å². The molecule has 0 aromatic carbocycles. The van der Waals surface area contributed by atoms with Gasteiger partial charge in [0.05, 0.1) is 0 Å². The van der Waals surface area contributed by atoms with Crippen molar-refractivity contribution in [3.8, 4) is 0 Å². The average molecular weight is 213 g/mol. The van der Waals surface area contributed by atoms with Gasteiger partial charge in [-0.3, -0.25) is 4.79 Å². The van der Waals surface area contributed by atoms with Gasteiger partial charge in [-0.15, -0.1) is 0 Å². The highest BCUT2D eigenvalue weighted by Gasteiger charge is 2.17. The van der Waals surface area contributed by atoms with Gasteiger partial charge in [0.25, 0.3) is 0 Å². The third kappa shape index (κ3) is 4.65. The van der Waals surface area contributed by atoms with Gasteiger partial charge in [-0.25, -0.2) is 0 Å². The SMILES string of the molecule is CC(CCC1CCCC1)N[C@@H](C)C(=O)O. The smallest absolute Gasteiger partial charge is 0.320 e. The fraction of sp³-hybridized carbons (Fsp3) is 0.917. The van der Waals surface area contributed by atoms with E-state index < -0.39 is 12.0 Å². The van der Waals surface area contributed by atoms with Crippen LogP contribution in [0.5, 0.6) is 0 Å². The topological polar surface area (TPSA) is 49.3 Å². The van der Waals surface area contributed by atoms with Crippen LogP contribution in [0, 0.1) is 5.92 Å². The highest BCUT2D eigenvalue weighted by Crippen LogP contribution is 2.28. The molecule has 0 heterocycles. The number of carbonyl (C=O) groups is 1. The van der Waals surface area contributed by atoms with Crippen molar-refractivity contribution in [2.24, 2.45) is 5.92 Å². The highest BCUT2D eigenvalue weighted by atomic mass is 16.4. The second-order valence-corrected chi connectivity index (χ2v) is 4.86. The van der Waals surface area contributed by atoms with Crippen LogP contribution >= 0.6 is 0 Å². The van der Waals surface area contributed by atoms with E-state index in [9.17, 15) is 4.79 Å². The second-order valence-electron chi connectivity index (χ2n) is 4.86. The monoisotopic (exact) mass is 213 g/mol. The van der Waals surface area contributed by atoms with Gasteiger partial charge in [0, 0.05) is 6.04 Å². The van der Waals surface area contributed by atoms with Crippen LogP contribution in [-0.4, -0.2) is 23.2 Å². The highest BCUT2D eigenvalue weighted by molar-refractivity contribution is 5.72. The van der Waals surface area contributed by atoms with Gasteiger partial charge >= 0.3 is 5.97 Å². The zero-order valence-corrected chi connectivity index (χ0v) is 9.83. The molecule has 0 amide bonds. The van der Waals surface area contributed by atoms with Crippen molar-refractivity contribution in [1.29, 1.82) is 0 Å². The molecule has 2 atom stereocenters. The number of hydrogen-bond acceptors (Lipinski definition) is 2. The van der Waals surface area contributed by atoms with Crippen LogP contribution in [0.2, 0.25) is 0 Å². The molecule has 0 aromatic heterocycles. The Labute approximate surface area is 92.3 Å². The summed E-state index contributed by atoms with van der Waals surface area (Å²) in [5.41, 5.74) is 0. The lowest BCUT2D eigenvalue weighted by molar-refractivity contribution is -0.139. The maximum Gasteiger partial charge on any atom is 0.320 e. The maximum atomic E-state index is 10.6. The van der Waals surface area contributed by atoms with E-state index >= 15 is 0 Å². The predicted octanol–water partition coefficient (Wildman–Crippen LogP) is 2.41. The molecule has 15 heavy (non-hydrogen) atoms. The molecule has 0 aliphatic heterocycles. The second kappa shape index (κ2) is 6.11. The van der Waals surface area contributed by atoms with E-state index in [0.717, 1.165) is 12.3 Å². The molecule has 1 aliphatic rings. The van der Waals surface area contributed by atoms with Crippen molar-refractivity contribution in [3.05, 3.63) is 0 Å². The Bertz CT molecular complexity index is 200. The van der Waals surface area contributed by atoms with Gasteiger partial charge in [0.1, 0.15) is 6.04 Å². The van der Waals surface area contributed by atoms with Gasteiger partial charge in [0.15, 0.2) is 0 Å². The minimum atomic E-state index is -0.761. The summed E-state index contributed by atoms with van der Waals surface area (Å²) >= 11 is 0. The first-order valence-electron chi connectivity index (χ1n) is 6.08. The average Bonchev–Trinajstić information content (AvgIpc) is 2.66. The molecule has 1 aliphatic carbocycles. The van der Waals surface area contributed by atoms with Gasteiger partial charge in [-0.1, -0.05) is 25.7 Å². The third-order valence-electron chi connectivity index (χ3n) is 3.39. The zero-order valence-electron chi connectivity index (χ0n) is 9.83. The minimum absolute atomic E-state index is 0.316. The van der Waals surface area contributed by atoms with E-state index in [1.54, 1.807) is 6.92 Å². The van der Waals surface area contributed by atoms with Crippen molar-refractivity contribution in [3.63, 3.8) is 0 Å². The summed E-state index contributed by atoms with van der Waals surface area (Å²) in [5.74, 6) is 0.136. The van der Waals surface area contributed by atoms with Crippen molar-refractivity contribution < 1.29 is 9.90 Å². The minimum Gasteiger partial charge on any atom is -0.480 e. The first-order chi connectivity index (χ1) is 7.09. The fourth-order valence-electron chi connectivity index (χ4n) is 2.37. The quantitative estimate of drug-likeness (QED) is 0.712. The van der Waals surface area contributed by atoms with Crippen LogP contribution < -0.4 is 5.32 Å². The number of nitrogens with one attached hydrogen (secondary N) is 1. The van der Waals surface area contributed by atoms with Crippen LogP contribution in [0.4, 0.5) is 0 Å². The van der Waals surface area contributed by atoms with Crippen LogP contribution in [0.1, 0.15) is 52.4 Å². The lowest BCUT2D eigenvalue weighted by Crippen LogP contribution is -2.39. The van der Waals surface area contributed by atoms with E-state index in [1.807, 2.05) is 0 Å². The van der Waals surface area contributed by atoms with Gasteiger partial charge in [0.2, 0.25) is 0 Å². The number of rotatable bonds is 6.